The van der Waals surface area contributed by atoms with Crippen molar-refractivity contribution in [1.29, 1.82) is 0 Å². The van der Waals surface area contributed by atoms with Crippen LogP contribution in [0.1, 0.15) is 27.7 Å². The molecule has 0 aliphatic carbocycles. The fraction of sp³-hybridized carbons (Fsp3) is 0.500. The standard InChI is InChI=1S/C8H12Se2/c1-5-6(2)8(4)10-9-7(5)3/h1-4H3. The van der Waals surface area contributed by atoms with Gasteiger partial charge in [0, 0.05) is 0 Å². The maximum absolute atomic E-state index is 2.28. The normalized spacial score (nSPS) is 20.4. The molecule has 1 heterocycles. The molecule has 0 aromatic rings. The maximum atomic E-state index is 2.28. The number of rotatable bonds is 0. The molecule has 1 aliphatic rings. The van der Waals surface area contributed by atoms with Crippen molar-refractivity contribution in [1.82, 2.24) is 0 Å². The van der Waals surface area contributed by atoms with Crippen molar-refractivity contribution in [3.05, 3.63) is 20.1 Å². The van der Waals surface area contributed by atoms with E-state index in [1.165, 1.54) is 0 Å². The Morgan fingerprint density at radius 3 is 1.30 bits per heavy atom. The summed E-state index contributed by atoms with van der Waals surface area (Å²) in [7, 11) is 0. The van der Waals surface area contributed by atoms with Crippen LogP contribution in [0, 0.1) is 0 Å². The monoisotopic (exact) mass is 268 g/mol. The van der Waals surface area contributed by atoms with Crippen molar-refractivity contribution >= 4 is 26.3 Å². The molecule has 0 nitrogen and oxygen atoms in total. The molecule has 0 bridgehead atoms. The minimum absolute atomic E-state index is 0.820. The predicted molar refractivity (Wildman–Crippen MR) is 48.3 cm³/mol. The van der Waals surface area contributed by atoms with Crippen LogP contribution in [0.5, 0.6) is 0 Å². The van der Waals surface area contributed by atoms with Gasteiger partial charge in [-0.2, -0.15) is 0 Å². The summed E-state index contributed by atoms with van der Waals surface area (Å²) in [5, 5.41) is 0. The first kappa shape index (κ1) is 8.61. The SMILES string of the molecule is CC1=C(C)C(C)=C(C)[Se][Se]1. The van der Waals surface area contributed by atoms with Crippen molar-refractivity contribution in [2.24, 2.45) is 0 Å². The van der Waals surface area contributed by atoms with Gasteiger partial charge in [-0.25, -0.2) is 0 Å². The van der Waals surface area contributed by atoms with E-state index in [9.17, 15) is 0 Å². The van der Waals surface area contributed by atoms with Gasteiger partial charge in [-0.3, -0.25) is 0 Å². The van der Waals surface area contributed by atoms with Crippen LogP contribution >= 0.6 is 0 Å². The summed E-state index contributed by atoms with van der Waals surface area (Å²) in [5.41, 5.74) is 3.12. The van der Waals surface area contributed by atoms with Crippen LogP contribution in [0.4, 0.5) is 0 Å². The van der Waals surface area contributed by atoms with E-state index in [0.717, 1.165) is 26.3 Å². The third-order valence-corrected chi connectivity index (χ3v) is 10.8. The van der Waals surface area contributed by atoms with Gasteiger partial charge in [0.15, 0.2) is 0 Å². The summed E-state index contributed by atoms with van der Waals surface area (Å²) >= 11 is 1.64. The molecule has 0 N–H and O–H groups in total. The van der Waals surface area contributed by atoms with Crippen molar-refractivity contribution in [3.8, 4) is 0 Å². The summed E-state index contributed by atoms with van der Waals surface area (Å²) in [6.45, 7) is 9.08. The first-order chi connectivity index (χ1) is 4.63. The Kier molecular flexibility index (Phi) is 2.82. The summed E-state index contributed by atoms with van der Waals surface area (Å²) in [6, 6.07) is 0. The first-order valence-corrected chi connectivity index (χ1v) is 9.37. The number of hydrogen-bond acceptors (Lipinski definition) is 0. The molecule has 1 aliphatic heterocycles. The summed E-state index contributed by atoms with van der Waals surface area (Å²) < 4.78 is 3.33. The van der Waals surface area contributed by atoms with Crippen LogP contribution in [-0.2, 0) is 0 Å². The second kappa shape index (κ2) is 3.28. The van der Waals surface area contributed by atoms with Crippen LogP contribution in [0.25, 0.3) is 0 Å². The zero-order chi connectivity index (χ0) is 7.72. The van der Waals surface area contributed by atoms with E-state index in [2.05, 4.69) is 27.7 Å². The Morgan fingerprint density at radius 2 is 1.00 bits per heavy atom. The Balaban J connectivity index is 3.01. The number of hydrogen-bond donors (Lipinski definition) is 0. The Bertz CT molecular complexity index is 187. The third-order valence-electron chi connectivity index (χ3n) is 1.91. The van der Waals surface area contributed by atoms with Crippen LogP contribution in [0.3, 0.4) is 0 Å². The zero-order valence-electron chi connectivity index (χ0n) is 6.82. The number of allylic oxidation sites excluding steroid dienone is 4. The fourth-order valence-electron chi connectivity index (χ4n) is 0.778. The average molecular weight is 266 g/mol. The van der Waals surface area contributed by atoms with Gasteiger partial charge in [-0.1, -0.05) is 0 Å². The molecule has 0 atom stereocenters. The van der Waals surface area contributed by atoms with Gasteiger partial charge >= 0.3 is 74.0 Å². The van der Waals surface area contributed by atoms with Crippen molar-refractivity contribution < 1.29 is 0 Å². The second-order valence-electron chi connectivity index (χ2n) is 2.53. The van der Waals surface area contributed by atoms with E-state index >= 15 is 0 Å². The average Bonchev–Trinajstić information content (AvgIpc) is 1.93. The zero-order valence-corrected chi connectivity index (χ0v) is 10.2. The van der Waals surface area contributed by atoms with Crippen molar-refractivity contribution in [2.75, 3.05) is 0 Å². The van der Waals surface area contributed by atoms with E-state index in [0.29, 0.717) is 0 Å². The molecular weight excluding hydrogens is 254 g/mol. The van der Waals surface area contributed by atoms with Gasteiger partial charge in [0.1, 0.15) is 0 Å². The van der Waals surface area contributed by atoms with Gasteiger partial charge in [0.25, 0.3) is 0 Å². The van der Waals surface area contributed by atoms with E-state index in [4.69, 9.17) is 0 Å². The molecule has 0 unspecified atom stereocenters. The van der Waals surface area contributed by atoms with E-state index < -0.39 is 0 Å². The third kappa shape index (κ3) is 1.57. The topological polar surface area (TPSA) is 0 Å². The molecule has 0 spiro atoms. The second-order valence-corrected chi connectivity index (χ2v) is 9.43. The molecular formula is C8H12Se2. The molecule has 0 fully saturated rings. The van der Waals surface area contributed by atoms with Crippen molar-refractivity contribution in [3.63, 3.8) is 0 Å². The predicted octanol–water partition coefficient (Wildman–Crippen LogP) is 1.91. The summed E-state index contributed by atoms with van der Waals surface area (Å²) in [6.07, 6.45) is 0. The van der Waals surface area contributed by atoms with Crippen LogP contribution < -0.4 is 0 Å². The Morgan fingerprint density at radius 1 is 0.700 bits per heavy atom. The molecule has 2 heteroatoms. The first-order valence-electron chi connectivity index (χ1n) is 3.32. The van der Waals surface area contributed by atoms with Crippen LogP contribution in [0.2, 0.25) is 0 Å². The van der Waals surface area contributed by atoms with E-state index in [1.807, 2.05) is 0 Å². The van der Waals surface area contributed by atoms with Gasteiger partial charge < -0.3 is 0 Å². The molecule has 0 aromatic carbocycles. The summed E-state index contributed by atoms with van der Waals surface area (Å²) in [4.78, 5) is 0. The molecule has 0 saturated carbocycles. The fourth-order valence-corrected chi connectivity index (χ4v) is 7.92. The van der Waals surface area contributed by atoms with E-state index in [1.54, 1.807) is 20.1 Å². The minimum atomic E-state index is 0.820. The molecule has 0 amide bonds. The molecule has 0 saturated heterocycles. The Hall–Kier alpha value is 0.519. The quantitative estimate of drug-likeness (QED) is 0.587. The van der Waals surface area contributed by atoms with Crippen LogP contribution in [0.15, 0.2) is 20.1 Å². The van der Waals surface area contributed by atoms with Gasteiger partial charge in [0.2, 0.25) is 0 Å². The molecule has 0 aromatic heterocycles. The van der Waals surface area contributed by atoms with Gasteiger partial charge in [-0.15, -0.1) is 0 Å². The Labute approximate surface area is 74.0 Å². The van der Waals surface area contributed by atoms with Gasteiger partial charge in [0.05, 0.1) is 0 Å². The molecule has 0 radical (unpaired) electrons. The van der Waals surface area contributed by atoms with E-state index in [-0.39, 0.29) is 0 Å². The van der Waals surface area contributed by atoms with Gasteiger partial charge in [-0.05, 0) is 0 Å². The molecule has 56 valence electrons. The van der Waals surface area contributed by atoms with Crippen LogP contribution in [-0.4, -0.2) is 26.3 Å². The molecule has 1 rings (SSSR count). The summed E-state index contributed by atoms with van der Waals surface area (Å²) in [5.74, 6) is 0. The van der Waals surface area contributed by atoms with Crippen molar-refractivity contribution in [2.45, 2.75) is 27.7 Å². The molecule has 10 heavy (non-hydrogen) atoms.